The summed E-state index contributed by atoms with van der Waals surface area (Å²) in [5, 5.41) is 7.17. The lowest BCUT2D eigenvalue weighted by Crippen LogP contribution is -2.21. The predicted octanol–water partition coefficient (Wildman–Crippen LogP) is 0.359. The van der Waals surface area contributed by atoms with Crippen molar-refractivity contribution < 1.29 is 0 Å². The summed E-state index contributed by atoms with van der Waals surface area (Å²) in [6.45, 7) is 0. The van der Waals surface area contributed by atoms with E-state index in [2.05, 4.69) is 14.9 Å². The zero-order valence-corrected chi connectivity index (χ0v) is 8.07. The molecule has 1 heterocycles. The lowest BCUT2D eigenvalue weighted by atomic mass is 10.4. The molecule has 1 aliphatic carbocycles. The maximum absolute atomic E-state index is 7.17. The van der Waals surface area contributed by atoms with E-state index in [0.717, 1.165) is 5.82 Å². The molecule has 0 bridgehead atoms. The van der Waals surface area contributed by atoms with Crippen molar-refractivity contribution >= 4 is 11.7 Å². The van der Waals surface area contributed by atoms with E-state index in [9.17, 15) is 0 Å². The summed E-state index contributed by atoms with van der Waals surface area (Å²) in [4.78, 5) is 10.4. The molecule has 1 saturated carbocycles. The van der Waals surface area contributed by atoms with Crippen molar-refractivity contribution in [3.8, 4) is 0 Å². The van der Waals surface area contributed by atoms with Gasteiger partial charge in [0.05, 0.1) is 12.4 Å². The molecule has 5 heteroatoms. The van der Waals surface area contributed by atoms with E-state index in [0.29, 0.717) is 11.7 Å². The molecule has 0 atom stereocenters. The fraction of sp³-hybridized carbons (Fsp3) is 0.444. The molecule has 1 aromatic heterocycles. The van der Waals surface area contributed by atoms with Gasteiger partial charge in [-0.25, -0.2) is 9.97 Å². The SMILES string of the molecule is CN(c1cnc(C(=N)N)cn1)C1CC1. The molecule has 0 spiro atoms. The third-order valence-corrected chi connectivity index (χ3v) is 2.37. The van der Waals surface area contributed by atoms with Crippen LogP contribution in [0.5, 0.6) is 0 Å². The predicted molar refractivity (Wildman–Crippen MR) is 54.5 cm³/mol. The van der Waals surface area contributed by atoms with Crippen molar-refractivity contribution in [2.45, 2.75) is 18.9 Å². The Morgan fingerprint density at radius 3 is 2.64 bits per heavy atom. The summed E-state index contributed by atoms with van der Waals surface area (Å²) in [6, 6.07) is 0.618. The van der Waals surface area contributed by atoms with E-state index in [1.54, 1.807) is 6.20 Å². The Bertz CT molecular complexity index is 341. The van der Waals surface area contributed by atoms with E-state index in [1.165, 1.54) is 19.0 Å². The third-order valence-electron chi connectivity index (χ3n) is 2.37. The largest absolute Gasteiger partial charge is 0.382 e. The van der Waals surface area contributed by atoms with Crippen LogP contribution in [-0.4, -0.2) is 28.9 Å². The van der Waals surface area contributed by atoms with Crippen molar-refractivity contribution in [3.05, 3.63) is 18.1 Å². The molecule has 0 aromatic carbocycles. The fourth-order valence-corrected chi connectivity index (χ4v) is 1.29. The quantitative estimate of drug-likeness (QED) is 0.534. The Balaban J connectivity index is 2.16. The van der Waals surface area contributed by atoms with E-state index in [-0.39, 0.29) is 5.84 Å². The second-order valence-corrected chi connectivity index (χ2v) is 3.52. The summed E-state index contributed by atoms with van der Waals surface area (Å²) in [5.74, 6) is 0.802. The second-order valence-electron chi connectivity index (χ2n) is 3.52. The zero-order chi connectivity index (χ0) is 10.1. The van der Waals surface area contributed by atoms with Gasteiger partial charge in [-0.05, 0) is 12.8 Å². The fourth-order valence-electron chi connectivity index (χ4n) is 1.29. The molecule has 1 aromatic rings. The number of nitrogens with zero attached hydrogens (tertiary/aromatic N) is 3. The first-order valence-electron chi connectivity index (χ1n) is 4.58. The molecular formula is C9H13N5. The average molecular weight is 191 g/mol. The highest BCUT2D eigenvalue weighted by Gasteiger charge is 2.27. The summed E-state index contributed by atoms with van der Waals surface area (Å²) in [5.41, 5.74) is 5.71. The van der Waals surface area contributed by atoms with Crippen molar-refractivity contribution in [2.75, 3.05) is 11.9 Å². The van der Waals surface area contributed by atoms with Gasteiger partial charge in [0.1, 0.15) is 17.3 Å². The van der Waals surface area contributed by atoms with E-state index in [4.69, 9.17) is 11.1 Å². The van der Waals surface area contributed by atoms with Gasteiger partial charge in [-0.15, -0.1) is 0 Å². The molecule has 0 unspecified atom stereocenters. The van der Waals surface area contributed by atoms with Gasteiger partial charge in [0.15, 0.2) is 0 Å². The number of nitrogens with two attached hydrogens (primary N) is 1. The number of hydrogen-bond donors (Lipinski definition) is 2. The van der Waals surface area contributed by atoms with E-state index in [1.807, 2.05) is 7.05 Å². The van der Waals surface area contributed by atoms with Crippen LogP contribution < -0.4 is 10.6 Å². The second kappa shape index (κ2) is 3.25. The number of hydrogen-bond acceptors (Lipinski definition) is 4. The molecule has 14 heavy (non-hydrogen) atoms. The number of nitrogen functional groups attached to an aromatic ring is 1. The lowest BCUT2D eigenvalue weighted by Gasteiger charge is -2.16. The Hall–Kier alpha value is -1.65. The molecule has 0 amide bonds. The minimum Gasteiger partial charge on any atom is -0.382 e. The highest BCUT2D eigenvalue weighted by molar-refractivity contribution is 5.92. The smallest absolute Gasteiger partial charge is 0.147 e. The van der Waals surface area contributed by atoms with Gasteiger partial charge < -0.3 is 10.6 Å². The minimum atomic E-state index is -0.0434. The Morgan fingerprint density at radius 1 is 1.50 bits per heavy atom. The number of anilines is 1. The Kier molecular flexibility index (Phi) is 2.07. The summed E-state index contributed by atoms with van der Waals surface area (Å²) < 4.78 is 0. The molecule has 0 aliphatic heterocycles. The first-order valence-corrected chi connectivity index (χ1v) is 4.58. The maximum atomic E-state index is 7.17. The molecule has 2 rings (SSSR count). The lowest BCUT2D eigenvalue weighted by molar-refractivity contribution is 0.883. The van der Waals surface area contributed by atoms with Gasteiger partial charge in [-0.1, -0.05) is 0 Å². The maximum Gasteiger partial charge on any atom is 0.147 e. The summed E-state index contributed by atoms with van der Waals surface area (Å²) >= 11 is 0. The third kappa shape index (κ3) is 1.66. The van der Waals surface area contributed by atoms with Crippen molar-refractivity contribution in [3.63, 3.8) is 0 Å². The molecule has 0 radical (unpaired) electrons. The van der Waals surface area contributed by atoms with Gasteiger partial charge in [0, 0.05) is 13.1 Å². The monoisotopic (exact) mass is 191 g/mol. The van der Waals surface area contributed by atoms with Gasteiger partial charge in [0.25, 0.3) is 0 Å². The highest BCUT2D eigenvalue weighted by atomic mass is 15.2. The Morgan fingerprint density at radius 2 is 2.21 bits per heavy atom. The molecule has 1 aliphatic rings. The van der Waals surface area contributed by atoms with Gasteiger partial charge in [-0.2, -0.15) is 0 Å². The van der Waals surface area contributed by atoms with Crippen LogP contribution >= 0.6 is 0 Å². The van der Waals surface area contributed by atoms with Crippen LogP contribution in [0.4, 0.5) is 5.82 Å². The van der Waals surface area contributed by atoms with E-state index < -0.39 is 0 Å². The zero-order valence-electron chi connectivity index (χ0n) is 8.07. The van der Waals surface area contributed by atoms with Crippen LogP contribution in [0.15, 0.2) is 12.4 Å². The minimum absolute atomic E-state index is 0.0434. The standard InChI is InChI=1S/C9H13N5/c1-14(6-2-3-6)8-5-12-7(4-13-8)9(10)11/h4-6H,2-3H2,1H3,(H3,10,11). The molecule has 3 N–H and O–H groups in total. The molecule has 74 valence electrons. The number of nitrogens with one attached hydrogen (secondary N) is 1. The first-order chi connectivity index (χ1) is 6.68. The number of amidine groups is 1. The molecule has 0 saturated heterocycles. The Labute approximate surface area is 82.5 Å². The normalized spacial score (nSPS) is 15.2. The van der Waals surface area contributed by atoms with Gasteiger partial charge in [-0.3, -0.25) is 5.41 Å². The topological polar surface area (TPSA) is 78.9 Å². The average Bonchev–Trinajstić information content (AvgIpc) is 3.00. The van der Waals surface area contributed by atoms with Gasteiger partial charge >= 0.3 is 0 Å². The van der Waals surface area contributed by atoms with Crippen molar-refractivity contribution in [1.29, 1.82) is 5.41 Å². The van der Waals surface area contributed by atoms with Crippen LogP contribution in [-0.2, 0) is 0 Å². The molecule has 1 fully saturated rings. The highest BCUT2D eigenvalue weighted by Crippen LogP contribution is 2.28. The van der Waals surface area contributed by atoms with Crippen LogP contribution in [0.3, 0.4) is 0 Å². The summed E-state index contributed by atoms with van der Waals surface area (Å²) in [7, 11) is 2.01. The number of aromatic nitrogens is 2. The van der Waals surface area contributed by atoms with Gasteiger partial charge in [0.2, 0.25) is 0 Å². The first kappa shape index (κ1) is 8.93. The van der Waals surface area contributed by atoms with Crippen LogP contribution in [0, 0.1) is 5.41 Å². The van der Waals surface area contributed by atoms with Crippen LogP contribution in [0.2, 0.25) is 0 Å². The number of rotatable bonds is 3. The molecular weight excluding hydrogens is 178 g/mol. The molecule has 5 nitrogen and oxygen atoms in total. The van der Waals surface area contributed by atoms with Crippen molar-refractivity contribution in [2.24, 2.45) is 5.73 Å². The van der Waals surface area contributed by atoms with E-state index >= 15 is 0 Å². The van der Waals surface area contributed by atoms with Crippen molar-refractivity contribution in [1.82, 2.24) is 9.97 Å². The summed E-state index contributed by atoms with van der Waals surface area (Å²) in [6.07, 6.45) is 5.66. The van der Waals surface area contributed by atoms with Crippen LogP contribution in [0.1, 0.15) is 18.5 Å². The van der Waals surface area contributed by atoms with Crippen LogP contribution in [0.25, 0.3) is 0 Å².